The highest BCUT2D eigenvalue weighted by Gasteiger charge is 2.25. The normalized spacial score (nSPS) is 18.3. The Bertz CT molecular complexity index is 455. The van der Waals surface area contributed by atoms with E-state index in [2.05, 4.69) is 32.7 Å². The Morgan fingerprint density at radius 1 is 1.47 bits per heavy atom. The molecule has 1 aromatic rings. The molecule has 1 aliphatic heterocycles. The van der Waals surface area contributed by atoms with E-state index in [-0.39, 0.29) is 11.9 Å². The fourth-order valence-corrected chi connectivity index (χ4v) is 2.92. The molecule has 4 heteroatoms. The molecule has 1 fully saturated rings. The van der Waals surface area contributed by atoms with Crippen LogP contribution in [0.25, 0.3) is 0 Å². The molecule has 0 bridgehead atoms. The molecule has 1 atom stereocenters. The molecule has 1 aromatic carbocycles. The summed E-state index contributed by atoms with van der Waals surface area (Å²) in [5.74, 6) is -0.146. The van der Waals surface area contributed by atoms with Gasteiger partial charge in [-0.05, 0) is 35.3 Å². The summed E-state index contributed by atoms with van der Waals surface area (Å²) in [6.07, 6.45) is 0.799. The Morgan fingerprint density at radius 3 is 2.79 bits per heavy atom. The van der Waals surface area contributed by atoms with Gasteiger partial charge in [0.2, 0.25) is 0 Å². The highest BCUT2D eigenvalue weighted by molar-refractivity contribution is 9.10. The van der Waals surface area contributed by atoms with Crippen LogP contribution in [0.3, 0.4) is 0 Å². The largest absolute Gasteiger partial charge is 0.314 e. The van der Waals surface area contributed by atoms with Gasteiger partial charge in [0.25, 0.3) is 0 Å². The lowest BCUT2D eigenvalue weighted by Gasteiger charge is -2.35. The third kappa shape index (κ3) is 3.65. The first-order valence-corrected chi connectivity index (χ1v) is 7.42. The summed E-state index contributed by atoms with van der Waals surface area (Å²) < 4.78 is 14.9. The standard InChI is InChI=1S/C15H20BrFN2/c1-11(2)10-14(19-8-6-18-7-9-19)12-4-3-5-13(16)15(12)17/h3-5,14,18H,1,6-10H2,2H3/t14-/m1/s1. The molecular weight excluding hydrogens is 307 g/mol. The average Bonchev–Trinajstić information content (AvgIpc) is 2.40. The Balaban J connectivity index is 2.30. The van der Waals surface area contributed by atoms with Crippen molar-refractivity contribution in [3.05, 3.63) is 46.2 Å². The molecule has 19 heavy (non-hydrogen) atoms. The topological polar surface area (TPSA) is 15.3 Å². The highest BCUT2D eigenvalue weighted by atomic mass is 79.9. The van der Waals surface area contributed by atoms with E-state index in [1.807, 2.05) is 19.1 Å². The van der Waals surface area contributed by atoms with Crippen LogP contribution in [-0.4, -0.2) is 31.1 Å². The van der Waals surface area contributed by atoms with Crippen molar-refractivity contribution in [3.63, 3.8) is 0 Å². The van der Waals surface area contributed by atoms with Gasteiger partial charge in [0.1, 0.15) is 5.82 Å². The number of nitrogens with zero attached hydrogens (tertiary/aromatic N) is 1. The quantitative estimate of drug-likeness (QED) is 0.852. The Morgan fingerprint density at radius 2 is 2.16 bits per heavy atom. The minimum absolute atomic E-state index is 0.0806. The van der Waals surface area contributed by atoms with Gasteiger partial charge in [-0.3, -0.25) is 4.90 Å². The van der Waals surface area contributed by atoms with Gasteiger partial charge in [0.15, 0.2) is 0 Å². The third-order valence-electron chi connectivity index (χ3n) is 3.47. The zero-order chi connectivity index (χ0) is 13.8. The lowest BCUT2D eigenvalue weighted by atomic mass is 9.97. The van der Waals surface area contributed by atoms with Gasteiger partial charge in [0, 0.05) is 37.8 Å². The third-order valence-corrected chi connectivity index (χ3v) is 4.09. The Labute approximate surface area is 122 Å². The van der Waals surface area contributed by atoms with Gasteiger partial charge >= 0.3 is 0 Å². The number of rotatable bonds is 4. The summed E-state index contributed by atoms with van der Waals surface area (Å²) >= 11 is 3.28. The van der Waals surface area contributed by atoms with Crippen LogP contribution in [0.1, 0.15) is 24.9 Å². The van der Waals surface area contributed by atoms with Gasteiger partial charge in [-0.25, -0.2) is 4.39 Å². The van der Waals surface area contributed by atoms with Gasteiger partial charge < -0.3 is 5.32 Å². The number of hydrogen-bond acceptors (Lipinski definition) is 2. The molecule has 0 unspecified atom stereocenters. The second kappa shape index (κ2) is 6.64. The van der Waals surface area contributed by atoms with Crippen molar-refractivity contribution < 1.29 is 4.39 Å². The zero-order valence-corrected chi connectivity index (χ0v) is 12.8. The second-order valence-electron chi connectivity index (χ2n) is 5.11. The molecule has 2 rings (SSSR count). The Hall–Kier alpha value is -0.710. The maximum absolute atomic E-state index is 14.3. The summed E-state index contributed by atoms with van der Waals surface area (Å²) in [4.78, 5) is 2.34. The monoisotopic (exact) mass is 326 g/mol. The molecule has 0 spiro atoms. The maximum Gasteiger partial charge on any atom is 0.142 e. The van der Waals surface area contributed by atoms with Crippen molar-refractivity contribution in [2.75, 3.05) is 26.2 Å². The first-order valence-electron chi connectivity index (χ1n) is 6.62. The van der Waals surface area contributed by atoms with E-state index >= 15 is 0 Å². The predicted octanol–water partition coefficient (Wildman–Crippen LogP) is 3.50. The fourth-order valence-electron chi connectivity index (χ4n) is 2.54. The number of benzene rings is 1. The number of piperazine rings is 1. The first-order chi connectivity index (χ1) is 9.09. The van der Waals surface area contributed by atoms with Crippen LogP contribution in [-0.2, 0) is 0 Å². The number of halogens is 2. The summed E-state index contributed by atoms with van der Waals surface area (Å²) in [6, 6.07) is 5.61. The highest BCUT2D eigenvalue weighted by Crippen LogP contribution is 2.32. The summed E-state index contributed by atoms with van der Waals surface area (Å²) in [7, 11) is 0. The van der Waals surface area contributed by atoms with Crippen LogP contribution in [0.5, 0.6) is 0 Å². The van der Waals surface area contributed by atoms with Crippen LogP contribution < -0.4 is 5.32 Å². The molecule has 2 nitrogen and oxygen atoms in total. The minimum atomic E-state index is -0.146. The van der Waals surface area contributed by atoms with Crippen molar-refractivity contribution in [2.24, 2.45) is 0 Å². The van der Waals surface area contributed by atoms with Gasteiger partial charge in [-0.15, -0.1) is 6.58 Å². The van der Waals surface area contributed by atoms with Crippen LogP contribution >= 0.6 is 15.9 Å². The molecule has 0 radical (unpaired) electrons. The zero-order valence-electron chi connectivity index (χ0n) is 11.3. The van der Waals surface area contributed by atoms with Gasteiger partial charge in [-0.1, -0.05) is 17.7 Å². The van der Waals surface area contributed by atoms with Crippen molar-refractivity contribution in [1.29, 1.82) is 0 Å². The van der Waals surface area contributed by atoms with Crippen molar-refractivity contribution in [3.8, 4) is 0 Å². The fraction of sp³-hybridized carbons (Fsp3) is 0.467. The minimum Gasteiger partial charge on any atom is -0.314 e. The van der Waals surface area contributed by atoms with Crippen LogP contribution in [0.15, 0.2) is 34.8 Å². The van der Waals surface area contributed by atoms with E-state index in [0.717, 1.165) is 43.7 Å². The van der Waals surface area contributed by atoms with Gasteiger partial charge in [0.05, 0.1) is 4.47 Å². The summed E-state index contributed by atoms with van der Waals surface area (Å²) in [5.41, 5.74) is 1.85. The van der Waals surface area contributed by atoms with Crippen molar-refractivity contribution in [2.45, 2.75) is 19.4 Å². The molecule has 0 aliphatic carbocycles. The second-order valence-corrected chi connectivity index (χ2v) is 5.96. The molecule has 1 N–H and O–H groups in total. The summed E-state index contributed by atoms with van der Waals surface area (Å²) in [6.45, 7) is 9.81. The predicted molar refractivity (Wildman–Crippen MR) is 80.7 cm³/mol. The molecule has 104 valence electrons. The molecule has 0 amide bonds. The van der Waals surface area contributed by atoms with Crippen LogP contribution in [0.4, 0.5) is 4.39 Å². The average molecular weight is 327 g/mol. The smallest absolute Gasteiger partial charge is 0.142 e. The van der Waals surface area contributed by atoms with Crippen LogP contribution in [0, 0.1) is 5.82 Å². The van der Waals surface area contributed by atoms with E-state index in [4.69, 9.17) is 0 Å². The molecule has 0 saturated carbocycles. The molecule has 1 saturated heterocycles. The van der Waals surface area contributed by atoms with Gasteiger partial charge in [-0.2, -0.15) is 0 Å². The van der Waals surface area contributed by atoms with E-state index < -0.39 is 0 Å². The van der Waals surface area contributed by atoms with Crippen LogP contribution in [0.2, 0.25) is 0 Å². The number of nitrogens with one attached hydrogen (secondary N) is 1. The van der Waals surface area contributed by atoms with E-state index in [9.17, 15) is 4.39 Å². The number of hydrogen-bond donors (Lipinski definition) is 1. The molecule has 0 aromatic heterocycles. The van der Waals surface area contributed by atoms with Crippen molar-refractivity contribution >= 4 is 15.9 Å². The molecule has 1 aliphatic rings. The summed E-state index contributed by atoms with van der Waals surface area (Å²) in [5, 5.41) is 3.33. The van der Waals surface area contributed by atoms with E-state index in [0.29, 0.717) is 4.47 Å². The Kier molecular flexibility index (Phi) is 5.13. The first kappa shape index (κ1) is 14.7. The SMILES string of the molecule is C=C(C)C[C@H](c1cccc(Br)c1F)N1CCNCC1. The lowest BCUT2D eigenvalue weighted by Crippen LogP contribution is -2.45. The van der Waals surface area contributed by atoms with E-state index in [1.54, 1.807) is 6.07 Å². The molecule has 1 heterocycles. The van der Waals surface area contributed by atoms with Crippen molar-refractivity contribution in [1.82, 2.24) is 10.2 Å². The maximum atomic E-state index is 14.3. The van der Waals surface area contributed by atoms with E-state index in [1.165, 1.54) is 0 Å². The molecular formula is C15H20BrFN2. The lowest BCUT2D eigenvalue weighted by molar-refractivity contribution is 0.169.